The van der Waals surface area contributed by atoms with Gasteiger partial charge in [0, 0.05) is 18.7 Å². The highest BCUT2D eigenvalue weighted by Gasteiger charge is 2.16. The molecule has 0 aromatic carbocycles. The van der Waals surface area contributed by atoms with Gasteiger partial charge in [-0.1, -0.05) is 19.0 Å². The first kappa shape index (κ1) is 15.1. The van der Waals surface area contributed by atoms with E-state index in [0.717, 1.165) is 6.42 Å². The van der Waals surface area contributed by atoms with Gasteiger partial charge in [0.25, 0.3) is 0 Å². The predicted molar refractivity (Wildman–Crippen MR) is 69.3 cm³/mol. The first-order valence-corrected chi connectivity index (χ1v) is 7.59. The minimum absolute atomic E-state index is 0.168. The first-order valence-electron chi connectivity index (χ1n) is 5.93. The standard InChI is InChI=1S/C11H21N3O3S/c1-8(2)4-10(12)6-13-18(15,16)7-11-5-9(3)17-14-11/h5,8,10,13H,4,6-7,12H2,1-3H3. The SMILES string of the molecule is Cc1cc(CS(=O)(=O)NCC(N)CC(C)C)no1. The molecule has 7 heteroatoms. The Morgan fingerprint density at radius 1 is 1.50 bits per heavy atom. The molecule has 0 amide bonds. The monoisotopic (exact) mass is 275 g/mol. The number of aryl methyl sites for hydroxylation is 1. The topological polar surface area (TPSA) is 98.2 Å². The number of hydrogen-bond donors (Lipinski definition) is 2. The Morgan fingerprint density at radius 3 is 2.67 bits per heavy atom. The van der Waals surface area contributed by atoms with Gasteiger partial charge in [0.15, 0.2) is 0 Å². The highest BCUT2D eigenvalue weighted by molar-refractivity contribution is 7.88. The maximum absolute atomic E-state index is 11.8. The second-order valence-electron chi connectivity index (χ2n) is 4.93. The van der Waals surface area contributed by atoms with Crippen LogP contribution in [0, 0.1) is 12.8 Å². The molecule has 0 aliphatic carbocycles. The first-order chi connectivity index (χ1) is 8.28. The molecular formula is C11H21N3O3S. The largest absolute Gasteiger partial charge is 0.361 e. The lowest BCUT2D eigenvalue weighted by Crippen LogP contribution is -2.38. The fourth-order valence-electron chi connectivity index (χ4n) is 1.65. The molecule has 1 atom stereocenters. The van der Waals surface area contributed by atoms with Crippen LogP contribution >= 0.6 is 0 Å². The molecule has 1 heterocycles. The van der Waals surface area contributed by atoms with Crippen LogP contribution < -0.4 is 10.5 Å². The Bertz CT molecular complexity index is 468. The summed E-state index contributed by atoms with van der Waals surface area (Å²) in [5, 5.41) is 3.65. The van der Waals surface area contributed by atoms with Crippen molar-refractivity contribution in [3.63, 3.8) is 0 Å². The molecule has 3 N–H and O–H groups in total. The zero-order valence-electron chi connectivity index (χ0n) is 11.0. The van der Waals surface area contributed by atoms with Crippen LogP contribution in [0.4, 0.5) is 0 Å². The molecule has 18 heavy (non-hydrogen) atoms. The van der Waals surface area contributed by atoms with Crippen molar-refractivity contribution in [3.8, 4) is 0 Å². The number of aromatic nitrogens is 1. The molecule has 1 aromatic heterocycles. The maximum atomic E-state index is 11.8. The van der Waals surface area contributed by atoms with Crippen LogP contribution in [0.1, 0.15) is 31.7 Å². The number of nitrogens with zero attached hydrogens (tertiary/aromatic N) is 1. The summed E-state index contributed by atoms with van der Waals surface area (Å²) in [5.74, 6) is 0.859. The number of nitrogens with one attached hydrogen (secondary N) is 1. The minimum Gasteiger partial charge on any atom is -0.361 e. The molecule has 6 nitrogen and oxygen atoms in total. The summed E-state index contributed by atoms with van der Waals surface area (Å²) in [6, 6.07) is 1.44. The lowest BCUT2D eigenvalue weighted by Gasteiger charge is -2.14. The molecule has 0 spiro atoms. The number of sulfonamides is 1. The quantitative estimate of drug-likeness (QED) is 0.766. The van der Waals surface area contributed by atoms with E-state index >= 15 is 0 Å². The molecule has 0 aliphatic heterocycles. The summed E-state index contributed by atoms with van der Waals surface area (Å²) in [4.78, 5) is 0. The van der Waals surface area contributed by atoms with Crippen molar-refractivity contribution in [2.45, 2.75) is 39.0 Å². The Kier molecular flexibility index (Phi) is 5.30. The van der Waals surface area contributed by atoms with Crippen molar-refractivity contribution in [2.24, 2.45) is 11.7 Å². The summed E-state index contributed by atoms with van der Waals surface area (Å²) in [6.45, 7) is 6.06. The van der Waals surface area contributed by atoms with E-state index in [4.69, 9.17) is 10.3 Å². The molecular weight excluding hydrogens is 254 g/mol. The highest BCUT2D eigenvalue weighted by atomic mass is 32.2. The maximum Gasteiger partial charge on any atom is 0.217 e. The van der Waals surface area contributed by atoms with Crippen molar-refractivity contribution >= 4 is 10.0 Å². The van der Waals surface area contributed by atoms with Crippen molar-refractivity contribution in [2.75, 3.05) is 6.54 Å². The van der Waals surface area contributed by atoms with Gasteiger partial charge in [-0.2, -0.15) is 0 Å². The van der Waals surface area contributed by atoms with Crippen molar-refractivity contribution in [3.05, 3.63) is 17.5 Å². The van der Waals surface area contributed by atoms with Gasteiger partial charge < -0.3 is 10.3 Å². The third-order valence-corrected chi connectivity index (χ3v) is 3.64. The molecule has 1 rings (SSSR count). The normalized spacial score (nSPS) is 14.1. The summed E-state index contributed by atoms with van der Waals surface area (Å²) in [6.07, 6.45) is 0.783. The van der Waals surface area contributed by atoms with Crippen LogP contribution in [0.2, 0.25) is 0 Å². The number of hydrogen-bond acceptors (Lipinski definition) is 5. The lowest BCUT2D eigenvalue weighted by atomic mass is 10.1. The predicted octanol–water partition coefficient (Wildman–Crippen LogP) is 0.776. The van der Waals surface area contributed by atoms with Crippen LogP contribution in [-0.4, -0.2) is 26.2 Å². The Balaban J connectivity index is 2.45. The molecule has 0 fully saturated rings. The van der Waals surface area contributed by atoms with Gasteiger partial charge in [0.2, 0.25) is 10.0 Å². The second-order valence-corrected chi connectivity index (χ2v) is 6.73. The van der Waals surface area contributed by atoms with E-state index in [0.29, 0.717) is 17.4 Å². The highest BCUT2D eigenvalue weighted by Crippen LogP contribution is 2.06. The van der Waals surface area contributed by atoms with E-state index in [9.17, 15) is 8.42 Å². The molecule has 1 unspecified atom stereocenters. The van der Waals surface area contributed by atoms with E-state index in [1.807, 2.05) is 13.8 Å². The third kappa shape index (κ3) is 5.61. The fourth-order valence-corrected chi connectivity index (χ4v) is 2.75. The fraction of sp³-hybridized carbons (Fsp3) is 0.727. The van der Waals surface area contributed by atoms with E-state index in [2.05, 4.69) is 9.88 Å². The van der Waals surface area contributed by atoms with Crippen LogP contribution in [-0.2, 0) is 15.8 Å². The van der Waals surface area contributed by atoms with E-state index in [-0.39, 0.29) is 18.3 Å². The van der Waals surface area contributed by atoms with E-state index in [1.54, 1.807) is 13.0 Å². The zero-order chi connectivity index (χ0) is 13.8. The average molecular weight is 275 g/mol. The Morgan fingerprint density at radius 2 is 2.17 bits per heavy atom. The van der Waals surface area contributed by atoms with Gasteiger partial charge in [-0.15, -0.1) is 0 Å². The molecule has 1 aromatic rings. The van der Waals surface area contributed by atoms with Gasteiger partial charge in [-0.25, -0.2) is 13.1 Å². The molecule has 0 radical (unpaired) electrons. The summed E-state index contributed by atoms with van der Waals surface area (Å²) >= 11 is 0. The van der Waals surface area contributed by atoms with Crippen molar-refractivity contribution < 1.29 is 12.9 Å². The third-order valence-electron chi connectivity index (χ3n) is 2.35. The van der Waals surface area contributed by atoms with Crippen molar-refractivity contribution in [1.82, 2.24) is 9.88 Å². The number of nitrogens with two attached hydrogens (primary N) is 1. The molecule has 0 saturated carbocycles. The average Bonchev–Trinajstić information content (AvgIpc) is 2.59. The second kappa shape index (κ2) is 6.31. The summed E-state index contributed by atoms with van der Waals surface area (Å²) in [5.41, 5.74) is 6.22. The molecule has 104 valence electrons. The van der Waals surface area contributed by atoms with Crippen LogP contribution in [0.15, 0.2) is 10.6 Å². The van der Waals surface area contributed by atoms with Gasteiger partial charge >= 0.3 is 0 Å². The molecule has 0 saturated heterocycles. The smallest absolute Gasteiger partial charge is 0.217 e. The zero-order valence-corrected chi connectivity index (χ0v) is 11.8. The van der Waals surface area contributed by atoms with Gasteiger partial charge in [-0.05, 0) is 19.3 Å². The summed E-state index contributed by atoms with van der Waals surface area (Å²) in [7, 11) is -3.40. The summed E-state index contributed by atoms with van der Waals surface area (Å²) < 4.78 is 30.8. The van der Waals surface area contributed by atoms with Crippen LogP contribution in [0.3, 0.4) is 0 Å². The van der Waals surface area contributed by atoms with Gasteiger partial charge in [-0.3, -0.25) is 0 Å². The van der Waals surface area contributed by atoms with Gasteiger partial charge in [0.1, 0.15) is 17.2 Å². The Labute approximate surface area is 108 Å². The van der Waals surface area contributed by atoms with E-state index in [1.165, 1.54) is 0 Å². The molecule has 0 bridgehead atoms. The minimum atomic E-state index is -3.40. The Hall–Kier alpha value is -0.920. The number of rotatable bonds is 7. The molecule has 0 aliphatic rings. The van der Waals surface area contributed by atoms with Crippen molar-refractivity contribution in [1.29, 1.82) is 0 Å². The van der Waals surface area contributed by atoms with Crippen LogP contribution in [0.5, 0.6) is 0 Å². The van der Waals surface area contributed by atoms with Gasteiger partial charge in [0.05, 0.1) is 0 Å². The van der Waals surface area contributed by atoms with Crippen LogP contribution in [0.25, 0.3) is 0 Å². The lowest BCUT2D eigenvalue weighted by molar-refractivity contribution is 0.392. The van der Waals surface area contributed by atoms with E-state index < -0.39 is 10.0 Å².